The Hall–Kier alpha value is -2.89. The largest absolute Gasteiger partial charge is 0.326 e. The summed E-state index contributed by atoms with van der Waals surface area (Å²) in [7, 11) is 0. The quantitative estimate of drug-likeness (QED) is 0.766. The maximum Gasteiger partial charge on any atom is 0.321 e. The number of carbonyl (C=O) groups excluding carboxylic acids is 2. The number of piperidine rings is 1. The molecule has 3 rings (SSSR count). The number of hydrogen-bond acceptors (Lipinski definition) is 2. The fourth-order valence-electron chi connectivity index (χ4n) is 3.86. The number of hydrogen-bond donors (Lipinski definition) is 2. The molecule has 0 saturated carbocycles. The SMILES string of the molecule is Cc1cc(C)cc(NC(=O)[C@@H](C)C2CCN(C(=O)Nc3ccc(F)cc3)CC2)c1. The number of nitrogens with one attached hydrogen (secondary N) is 2. The number of carbonyl (C=O) groups is 2. The van der Waals surface area contributed by atoms with Crippen LogP contribution in [0.1, 0.15) is 30.9 Å². The molecular formula is C23H28FN3O2. The summed E-state index contributed by atoms with van der Waals surface area (Å²) in [6.45, 7) is 7.17. The van der Waals surface area contributed by atoms with Gasteiger partial charge >= 0.3 is 6.03 Å². The van der Waals surface area contributed by atoms with Gasteiger partial charge in [0.1, 0.15) is 5.82 Å². The van der Waals surface area contributed by atoms with E-state index in [0.29, 0.717) is 18.8 Å². The van der Waals surface area contributed by atoms with E-state index in [2.05, 4.69) is 16.7 Å². The monoisotopic (exact) mass is 397 g/mol. The second-order valence-electron chi connectivity index (χ2n) is 7.92. The number of amides is 3. The predicted octanol–water partition coefficient (Wildman–Crippen LogP) is 4.96. The standard InChI is InChI=1S/C23H28FN3O2/c1-15-12-16(2)14-21(13-15)25-22(28)17(3)18-8-10-27(11-9-18)23(29)26-20-6-4-19(24)5-7-20/h4-7,12-14,17-18H,8-11H2,1-3H3,(H,25,28)(H,26,29)/t17-/m0/s1. The van der Waals surface area contributed by atoms with E-state index in [0.717, 1.165) is 29.7 Å². The van der Waals surface area contributed by atoms with Crippen molar-refractivity contribution in [1.82, 2.24) is 4.90 Å². The lowest BCUT2D eigenvalue weighted by molar-refractivity contribution is -0.121. The molecule has 2 aromatic rings. The van der Waals surface area contributed by atoms with Crippen molar-refractivity contribution in [3.8, 4) is 0 Å². The Balaban J connectivity index is 1.50. The molecule has 0 aliphatic carbocycles. The average molecular weight is 397 g/mol. The molecule has 1 heterocycles. The van der Waals surface area contributed by atoms with Crippen LogP contribution in [0.3, 0.4) is 0 Å². The summed E-state index contributed by atoms with van der Waals surface area (Å²) in [4.78, 5) is 26.8. The van der Waals surface area contributed by atoms with Crippen molar-refractivity contribution >= 4 is 23.3 Å². The molecule has 1 atom stereocenters. The van der Waals surface area contributed by atoms with E-state index in [9.17, 15) is 14.0 Å². The van der Waals surface area contributed by atoms with Crippen LogP contribution in [0, 0.1) is 31.5 Å². The molecule has 0 spiro atoms. The molecule has 2 N–H and O–H groups in total. The molecular weight excluding hydrogens is 369 g/mol. The lowest BCUT2D eigenvalue weighted by Crippen LogP contribution is -2.43. The number of urea groups is 1. The van der Waals surface area contributed by atoms with Crippen molar-refractivity contribution in [3.05, 3.63) is 59.4 Å². The number of rotatable bonds is 4. The van der Waals surface area contributed by atoms with Gasteiger partial charge in [0.25, 0.3) is 0 Å². The topological polar surface area (TPSA) is 61.4 Å². The minimum absolute atomic E-state index is 0.0178. The van der Waals surface area contributed by atoms with Gasteiger partial charge in [-0.15, -0.1) is 0 Å². The normalized spacial score (nSPS) is 15.7. The molecule has 0 radical (unpaired) electrons. The first-order valence-corrected chi connectivity index (χ1v) is 10.0. The summed E-state index contributed by atoms with van der Waals surface area (Å²) in [5, 5.41) is 5.82. The van der Waals surface area contributed by atoms with Gasteiger partial charge in [-0.3, -0.25) is 4.79 Å². The minimum Gasteiger partial charge on any atom is -0.326 e. The highest BCUT2D eigenvalue weighted by molar-refractivity contribution is 5.93. The van der Waals surface area contributed by atoms with Gasteiger partial charge in [0.15, 0.2) is 0 Å². The summed E-state index contributed by atoms with van der Waals surface area (Å²) in [6.07, 6.45) is 1.55. The molecule has 0 aromatic heterocycles. The van der Waals surface area contributed by atoms with E-state index in [4.69, 9.17) is 0 Å². The van der Waals surface area contributed by atoms with Gasteiger partial charge in [-0.05, 0) is 80.1 Å². The van der Waals surface area contributed by atoms with E-state index in [-0.39, 0.29) is 29.6 Å². The Morgan fingerprint density at radius 2 is 1.55 bits per heavy atom. The fraction of sp³-hybridized carbons (Fsp3) is 0.391. The number of aryl methyl sites for hydroxylation is 2. The highest BCUT2D eigenvalue weighted by Gasteiger charge is 2.30. The van der Waals surface area contributed by atoms with Crippen LogP contribution in [0.25, 0.3) is 0 Å². The van der Waals surface area contributed by atoms with Crippen LogP contribution in [0.5, 0.6) is 0 Å². The molecule has 1 aliphatic rings. The summed E-state index contributed by atoms with van der Waals surface area (Å²) < 4.78 is 13.0. The van der Waals surface area contributed by atoms with Crippen LogP contribution >= 0.6 is 0 Å². The molecule has 1 fully saturated rings. The van der Waals surface area contributed by atoms with Crippen molar-refractivity contribution in [2.75, 3.05) is 23.7 Å². The number of halogens is 1. The highest BCUT2D eigenvalue weighted by atomic mass is 19.1. The van der Waals surface area contributed by atoms with Crippen molar-refractivity contribution < 1.29 is 14.0 Å². The van der Waals surface area contributed by atoms with Gasteiger partial charge in [-0.1, -0.05) is 13.0 Å². The first-order valence-electron chi connectivity index (χ1n) is 10.0. The maximum atomic E-state index is 13.0. The molecule has 1 aliphatic heterocycles. The van der Waals surface area contributed by atoms with E-state index in [1.54, 1.807) is 17.0 Å². The molecule has 0 unspecified atom stereocenters. The van der Waals surface area contributed by atoms with Crippen molar-refractivity contribution in [2.45, 2.75) is 33.6 Å². The number of nitrogens with zero attached hydrogens (tertiary/aromatic N) is 1. The van der Waals surface area contributed by atoms with E-state index < -0.39 is 0 Å². The van der Waals surface area contributed by atoms with Crippen molar-refractivity contribution in [1.29, 1.82) is 0 Å². The zero-order valence-corrected chi connectivity index (χ0v) is 17.2. The average Bonchev–Trinajstić information content (AvgIpc) is 2.68. The number of likely N-dealkylation sites (tertiary alicyclic amines) is 1. The zero-order valence-electron chi connectivity index (χ0n) is 17.2. The Labute approximate surface area is 171 Å². The maximum absolute atomic E-state index is 13.0. The first kappa shape index (κ1) is 20.8. The zero-order chi connectivity index (χ0) is 21.0. The van der Waals surface area contributed by atoms with Crippen LogP contribution < -0.4 is 10.6 Å². The van der Waals surface area contributed by atoms with Crippen molar-refractivity contribution in [2.24, 2.45) is 11.8 Å². The third-order valence-electron chi connectivity index (χ3n) is 5.53. The molecule has 6 heteroatoms. The Kier molecular flexibility index (Phi) is 6.52. The van der Waals surface area contributed by atoms with Crippen LogP contribution in [0.15, 0.2) is 42.5 Å². The first-order chi connectivity index (χ1) is 13.8. The number of benzene rings is 2. The lowest BCUT2D eigenvalue weighted by atomic mass is 9.85. The van der Waals surface area contributed by atoms with E-state index in [1.807, 2.05) is 32.9 Å². The smallest absolute Gasteiger partial charge is 0.321 e. The predicted molar refractivity (Wildman–Crippen MR) is 113 cm³/mol. The molecule has 3 amide bonds. The molecule has 1 saturated heterocycles. The molecule has 154 valence electrons. The van der Waals surface area contributed by atoms with Gasteiger partial charge in [0, 0.05) is 30.4 Å². The minimum atomic E-state index is -0.336. The summed E-state index contributed by atoms with van der Waals surface area (Å²) in [5.74, 6) is -0.213. The van der Waals surface area contributed by atoms with E-state index >= 15 is 0 Å². The highest BCUT2D eigenvalue weighted by Crippen LogP contribution is 2.27. The van der Waals surface area contributed by atoms with Gasteiger partial charge in [0.2, 0.25) is 5.91 Å². The van der Waals surface area contributed by atoms with Crippen LogP contribution in [-0.2, 0) is 4.79 Å². The fourth-order valence-corrected chi connectivity index (χ4v) is 3.86. The Morgan fingerprint density at radius 1 is 0.966 bits per heavy atom. The second-order valence-corrected chi connectivity index (χ2v) is 7.92. The second kappa shape index (κ2) is 9.07. The van der Waals surface area contributed by atoms with Crippen LogP contribution in [0.4, 0.5) is 20.6 Å². The van der Waals surface area contributed by atoms with E-state index in [1.165, 1.54) is 12.1 Å². The van der Waals surface area contributed by atoms with Crippen LogP contribution in [-0.4, -0.2) is 29.9 Å². The van der Waals surface area contributed by atoms with Gasteiger partial charge in [-0.25, -0.2) is 9.18 Å². The number of anilines is 2. The molecule has 29 heavy (non-hydrogen) atoms. The summed E-state index contributed by atoms with van der Waals surface area (Å²) in [5.41, 5.74) is 3.64. The lowest BCUT2D eigenvalue weighted by Gasteiger charge is -2.34. The summed E-state index contributed by atoms with van der Waals surface area (Å²) in [6, 6.07) is 11.5. The van der Waals surface area contributed by atoms with Crippen molar-refractivity contribution in [3.63, 3.8) is 0 Å². The Morgan fingerprint density at radius 3 is 2.14 bits per heavy atom. The van der Waals surface area contributed by atoms with Gasteiger partial charge < -0.3 is 15.5 Å². The molecule has 5 nitrogen and oxygen atoms in total. The molecule has 2 aromatic carbocycles. The van der Waals surface area contributed by atoms with Gasteiger partial charge in [-0.2, -0.15) is 0 Å². The third-order valence-corrected chi connectivity index (χ3v) is 5.53. The third kappa shape index (κ3) is 5.56. The summed E-state index contributed by atoms with van der Waals surface area (Å²) >= 11 is 0. The van der Waals surface area contributed by atoms with Gasteiger partial charge in [0.05, 0.1) is 0 Å². The molecule has 0 bridgehead atoms. The van der Waals surface area contributed by atoms with Crippen LogP contribution in [0.2, 0.25) is 0 Å². The Bertz CT molecular complexity index is 854.